The maximum absolute atomic E-state index is 12.1. The molecule has 3 unspecified atom stereocenters. The molecular weight excluding hydrogens is 376 g/mol. The maximum Gasteiger partial charge on any atom is 0.0748 e. The van der Waals surface area contributed by atoms with Gasteiger partial charge in [0, 0.05) is 11.5 Å². The lowest BCUT2D eigenvalue weighted by Crippen LogP contribution is -2.64. The molecule has 30 heavy (non-hydrogen) atoms. The molecule has 5 heteroatoms. The molecule has 0 radical (unpaired) electrons. The number of hydrogen-bond donors (Lipinski definition) is 3. The first-order chi connectivity index (χ1) is 14.2. The Bertz CT molecular complexity index is 601. The fraction of sp³-hybridized carbons (Fsp3) is 1.00. The summed E-state index contributed by atoms with van der Waals surface area (Å²) in [5.41, 5.74) is 3.01. The van der Waals surface area contributed by atoms with Crippen molar-refractivity contribution in [2.45, 2.75) is 102 Å². The van der Waals surface area contributed by atoms with Crippen LogP contribution >= 0.6 is 0 Å². The summed E-state index contributed by atoms with van der Waals surface area (Å²) in [6, 6.07) is 0.246. The summed E-state index contributed by atoms with van der Waals surface area (Å²) in [5.74, 6) is 1.64. The third kappa shape index (κ3) is 3.77. The molecule has 0 amide bonds. The van der Waals surface area contributed by atoms with Crippen LogP contribution in [-0.2, 0) is 4.84 Å². The van der Waals surface area contributed by atoms with Gasteiger partial charge >= 0.3 is 0 Å². The van der Waals surface area contributed by atoms with E-state index in [2.05, 4.69) is 38.3 Å². The number of nitrogens with one attached hydrogen (secondary N) is 1. The zero-order chi connectivity index (χ0) is 21.6. The Morgan fingerprint density at radius 2 is 1.77 bits per heavy atom. The normalized spacial score (nSPS) is 48.3. The second-order valence-electron chi connectivity index (χ2n) is 11.9. The molecule has 4 fully saturated rings. The van der Waals surface area contributed by atoms with Crippen molar-refractivity contribution in [3.05, 3.63) is 0 Å². The van der Waals surface area contributed by atoms with E-state index in [0.29, 0.717) is 23.2 Å². The smallest absolute Gasteiger partial charge is 0.0748 e. The van der Waals surface area contributed by atoms with Crippen LogP contribution in [0.4, 0.5) is 0 Å². The number of aliphatic hydroxyl groups excluding tert-OH is 1. The highest BCUT2D eigenvalue weighted by molar-refractivity contribution is 5.18. The molecule has 4 rings (SSSR count). The molecule has 0 bridgehead atoms. The number of rotatable bonds is 7. The fourth-order valence-corrected chi connectivity index (χ4v) is 8.15. The van der Waals surface area contributed by atoms with Gasteiger partial charge in [-0.3, -0.25) is 0 Å². The lowest BCUT2D eigenvalue weighted by molar-refractivity contribution is -0.211. The van der Waals surface area contributed by atoms with Crippen LogP contribution in [0.15, 0.2) is 0 Å². The van der Waals surface area contributed by atoms with E-state index in [1.807, 2.05) is 0 Å². The van der Waals surface area contributed by atoms with Gasteiger partial charge in [-0.25, -0.2) is 0 Å². The molecule has 0 heterocycles. The van der Waals surface area contributed by atoms with Gasteiger partial charge in [0.1, 0.15) is 0 Å². The van der Waals surface area contributed by atoms with Crippen LogP contribution in [0.1, 0.15) is 84.5 Å². The highest BCUT2D eigenvalue weighted by atomic mass is 16.6. The minimum absolute atomic E-state index is 0.102. The van der Waals surface area contributed by atoms with Crippen LogP contribution in [0.5, 0.6) is 0 Å². The Kier molecular flexibility index (Phi) is 6.61. The van der Waals surface area contributed by atoms with E-state index in [-0.39, 0.29) is 17.6 Å². The number of nitrogens with zero attached hydrogens (tertiary/aromatic N) is 1. The topological polar surface area (TPSA) is 65.0 Å². The van der Waals surface area contributed by atoms with Crippen molar-refractivity contribution in [3.8, 4) is 0 Å². The van der Waals surface area contributed by atoms with Crippen molar-refractivity contribution in [3.63, 3.8) is 0 Å². The third-order valence-electron chi connectivity index (χ3n) is 10.2. The second kappa shape index (κ2) is 8.62. The number of fused-ring (bicyclic) bond motifs is 5. The van der Waals surface area contributed by atoms with Gasteiger partial charge in [0.05, 0.1) is 18.3 Å². The van der Waals surface area contributed by atoms with E-state index in [4.69, 9.17) is 4.84 Å². The lowest BCUT2D eigenvalue weighted by Gasteiger charge is -2.63. The van der Waals surface area contributed by atoms with Crippen molar-refractivity contribution in [2.24, 2.45) is 28.6 Å². The number of aliphatic hydroxyl groups is 2. The Balaban J connectivity index is 1.39. The molecule has 0 saturated heterocycles. The average molecular weight is 423 g/mol. The highest BCUT2D eigenvalue weighted by Crippen LogP contribution is 2.67. The quantitative estimate of drug-likeness (QED) is 0.431. The monoisotopic (exact) mass is 422 g/mol. The molecule has 0 aromatic carbocycles. The van der Waals surface area contributed by atoms with Crippen molar-refractivity contribution in [2.75, 3.05) is 27.2 Å². The van der Waals surface area contributed by atoms with E-state index in [1.54, 1.807) is 0 Å². The first kappa shape index (κ1) is 23.0. The Labute approximate surface area is 183 Å². The summed E-state index contributed by atoms with van der Waals surface area (Å²) in [6.45, 7) is 6.65. The van der Waals surface area contributed by atoms with Gasteiger partial charge in [0.2, 0.25) is 0 Å². The molecule has 0 aromatic rings. The highest BCUT2D eigenvalue weighted by Gasteiger charge is 2.67. The Morgan fingerprint density at radius 1 is 0.967 bits per heavy atom. The van der Waals surface area contributed by atoms with Gasteiger partial charge in [-0.1, -0.05) is 13.8 Å². The number of unbranched alkanes of at least 4 members (excludes halogenated alkanes) is 1. The second-order valence-corrected chi connectivity index (χ2v) is 11.9. The van der Waals surface area contributed by atoms with Crippen LogP contribution in [0.2, 0.25) is 0 Å². The number of hydrogen-bond acceptors (Lipinski definition) is 5. The van der Waals surface area contributed by atoms with Crippen molar-refractivity contribution < 1.29 is 15.1 Å². The summed E-state index contributed by atoms with van der Waals surface area (Å²) in [6.07, 6.45) is 11.7. The van der Waals surface area contributed by atoms with E-state index in [1.165, 1.54) is 12.8 Å². The lowest BCUT2D eigenvalue weighted by atomic mass is 9.43. The predicted molar refractivity (Wildman–Crippen MR) is 120 cm³/mol. The molecule has 8 atom stereocenters. The van der Waals surface area contributed by atoms with Crippen LogP contribution < -0.4 is 5.48 Å². The summed E-state index contributed by atoms with van der Waals surface area (Å²) in [4.78, 5) is 8.12. The van der Waals surface area contributed by atoms with Crippen molar-refractivity contribution >= 4 is 0 Å². The molecule has 0 spiro atoms. The van der Waals surface area contributed by atoms with Crippen LogP contribution in [0, 0.1) is 28.6 Å². The maximum atomic E-state index is 12.1. The summed E-state index contributed by atoms with van der Waals surface area (Å²) in [7, 11) is 4.22. The zero-order valence-corrected chi connectivity index (χ0v) is 19.8. The fourth-order valence-electron chi connectivity index (χ4n) is 8.15. The molecule has 5 nitrogen and oxygen atoms in total. The molecule has 4 saturated carbocycles. The van der Waals surface area contributed by atoms with E-state index in [9.17, 15) is 10.2 Å². The van der Waals surface area contributed by atoms with Crippen LogP contribution in [0.25, 0.3) is 0 Å². The largest absolute Gasteiger partial charge is 0.393 e. The number of hydroxylamine groups is 1. The van der Waals surface area contributed by atoms with Gasteiger partial charge in [0.15, 0.2) is 0 Å². The van der Waals surface area contributed by atoms with E-state index in [0.717, 1.165) is 70.9 Å². The molecule has 174 valence electrons. The molecular formula is C25H46N2O3. The van der Waals surface area contributed by atoms with E-state index < -0.39 is 5.60 Å². The van der Waals surface area contributed by atoms with Crippen LogP contribution in [-0.4, -0.2) is 60.1 Å². The van der Waals surface area contributed by atoms with Gasteiger partial charge in [-0.15, -0.1) is 0 Å². The third-order valence-corrected chi connectivity index (χ3v) is 10.2. The standard InChI is InChI=1S/C25H46N2O3/c1-23-12-9-19(28)17-18(23)7-8-21-20(23)10-13-24(2)22(11-14-25(21,24)29)26-30-16-6-5-15-27(3)4/h18-22,26,28-29H,5-17H2,1-4H3/t18?,19?,20-,21-,22?,23+,24-,25-/m1/s1. The Hall–Kier alpha value is -0.200. The Morgan fingerprint density at radius 3 is 2.53 bits per heavy atom. The molecule has 0 aromatic heterocycles. The molecule has 3 N–H and O–H groups in total. The van der Waals surface area contributed by atoms with Crippen LogP contribution in [0.3, 0.4) is 0 Å². The van der Waals surface area contributed by atoms with Gasteiger partial charge < -0.3 is 20.0 Å². The van der Waals surface area contributed by atoms with Crippen molar-refractivity contribution in [1.29, 1.82) is 0 Å². The first-order valence-corrected chi connectivity index (χ1v) is 12.6. The summed E-state index contributed by atoms with van der Waals surface area (Å²) in [5, 5.41) is 22.4. The first-order valence-electron chi connectivity index (χ1n) is 12.6. The molecule has 0 aliphatic heterocycles. The van der Waals surface area contributed by atoms with Gasteiger partial charge in [-0.05, 0) is 114 Å². The zero-order valence-electron chi connectivity index (χ0n) is 19.8. The predicted octanol–water partition coefficient (Wildman–Crippen LogP) is 3.74. The van der Waals surface area contributed by atoms with Gasteiger partial charge in [-0.2, -0.15) is 5.48 Å². The SMILES string of the molecule is CN(C)CCCCONC1CC[C@@]2(O)[C@@H]3CCC4CC(O)CC[C@]4(C)[C@@H]3CC[C@]12C. The summed E-state index contributed by atoms with van der Waals surface area (Å²) >= 11 is 0. The van der Waals surface area contributed by atoms with Crippen molar-refractivity contribution in [1.82, 2.24) is 10.4 Å². The molecule has 4 aliphatic rings. The summed E-state index contributed by atoms with van der Waals surface area (Å²) < 4.78 is 0. The minimum atomic E-state index is -0.577. The minimum Gasteiger partial charge on any atom is -0.393 e. The molecule has 4 aliphatic carbocycles. The average Bonchev–Trinajstić information content (AvgIpc) is 2.96. The van der Waals surface area contributed by atoms with Gasteiger partial charge in [0.25, 0.3) is 0 Å². The van der Waals surface area contributed by atoms with E-state index >= 15 is 0 Å².